The maximum absolute atomic E-state index is 13.0. The van der Waals surface area contributed by atoms with E-state index in [1.807, 2.05) is 45.0 Å². The van der Waals surface area contributed by atoms with Crippen molar-refractivity contribution in [2.75, 3.05) is 11.9 Å². The van der Waals surface area contributed by atoms with Crippen molar-refractivity contribution in [2.45, 2.75) is 40.2 Å². The number of anilines is 1. The molecule has 0 bridgehead atoms. The molecule has 2 aromatic carbocycles. The van der Waals surface area contributed by atoms with E-state index in [4.69, 9.17) is 9.47 Å². The van der Waals surface area contributed by atoms with E-state index in [-0.39, 0.29) is 30.0 Å². The van der Waals surface area contributed by atoms with Gasteiger partial charge in [0, 0.05) is 11.3 Å². The van der Waals surface area contributed by atoms with Crippen LogP contribution in [0.15, 0.2) is 64.8 Å². The lowest BCUT2D eigenvalue weighted by Crippen LogP contribution is -2.35. The number of hydrogen-bond donors (Lipinski definition) is 2. The molecule has 31 heavy (non-hydrogen) atoms. The van der Waals surface area contributed by atoms with E-state index in [0.717, 1.165) is 5.69 Å². The number of para-hydroxylation sites is 2. The molecule has 1 heterocycles. The van der Waals surface area contributed by atoms with Crippen LogP contribution in [0.2, 0.25) is 0 Å². The second-order valence-electron chi connectivity index (χ2n) is 7.18. The van der Waals surface area contributed by atoms with E-state index in [2.05, 4.69) is 15.6 Å². The van der Waals surface area contributed by atoms with Crippen LogP contribution in [0.1, 0.15) is 44.5 Å². The average Bonchev–Trinajstić information content (AvgIpc) is 2.90. The van der Waals surface area contributed by atoms with Gasteiger partial charge < -0.3 is 20.1 Å². The first-order valence-electron chi connectivity index (χ1n) is 10.4. The summed E-state index contributed by atoms with van der Waals surface area (Å²) >= 11 is 0. The number of hydrogen-bond acceptors (Lipinski definition) is 6. The molecule has 1 amide bonds. The van der Waals surface area contributed by atoms with Gasteiger partial charge in [0.2, 0.25) is 0 Å². The normalized spacial score (nSPS) is 13.0. The Hall–Kier alpha value is -3.61. The number of carbonyl (C=O) groups excluding carboxylic acids is 2. The maximum Gasteiger partial charge on any atom is 0.343 e. The number of carbonyl (C=O) groups is 2. The highest BCUT2D eigenvalue weighted by molar-refractivity contribution is 6.25. The summed E-state index contributed by atoms with van der Waals surface area (Å²) in [5.41, 5.74) is 2.63. The third-order valence-corrected chi connectivity index (χ3v) is 4.51. The third kappa shape index (κ3) is 5.31. The second-order valence-corrected chi connectivity index (χ2v) is 7.18. The van der Waals surface area contributed by atoms with Crippen LogP contribution in [0.3, 0.4) is 0 Å². The van der Waals surface area contributed by atoms with E-state index < -0.39 is 5.97 Å². The Morgan fingerprint density at radius 1 is 1.06 bits per heavy atom. The van der Waals surface area contributed by atoms with E-state index in [1.54, 1.807) is 31.2 Å². The number of fused-ring (bicyclic) bond motifs is 1. The molecule has 0 saturated carbocycles. The Morgan fingerprint density at radius 2 is 1.77 bits per heavy atom. The molecule has 2 N–H and O–H groups in total. The Balaban J connectivity index is 1.97. The Bertz CT molecular complexity index is 1020. The standard InChI is InChI=1S/C24H27N3O4/c1-5-18-21(24(29)30-6-2)22(26-20-10-8-7-9-19(20)25-18)27-23(28)16-11-13-17(14-12-16)31-15(3)4/h7-15,25H,5-6H2,1-4H3,(H,26,27,28). The van der Waals surface area contributed by atoms with Gasteiger partial charge in [-0.3, -0.25) is 4.79 Å². The lowest BCUT2D eigenvalue weighted by molar-refractivity contribution is -0.137. The van der Waals surface area contributed by atoms with Gasteiger partial charge in [0.05, 0.1) is 24.1 Å². The van der Waals surface area contributed by atoms with Gasteiger partial charge in [-0.1, -0.05) is 19.1 Å². The van der Waals surface area contributed by atoms with Crippen molar-refractivity contribution in [3.8, 4) is 5.75 Å². The fraction of sp³-hybridized carbons (Fsp3) is 0.292. The molecule has 0 aliphatic carbocycles. The SMILES string of the molecule is CCOC(=O)C1=C(CC)Nc2ccccc2N=C1NC(=O)c1ccc(OC(C)C)cc1. The Labute approximate surface area is 182 Å². The lowest BCUT2D eigenvalue weighted by Gasteiger charge is -2.15. The molecule has 0 spiro atoms. The summed E-state index contributed by atoms with van der Waals surface area (Å²) in [7, 11) is 0. The predicted molar refractivity (Wildman–Crippen MR) is 121 cm³/mol. The fourth-order valence-corrected chi connectivity index (χ4v) is 3.14. The molecule has 0 saturated heterocycles. The Morgan fingerprint density at radius 3 is 2.42 bits per heavy atom. The van der Waals surface area contributed by atoms with Crippen LogP contribution >= 0.6 is 0 Å². The van der Waals surface area contributed by atoms with Crippen molar-refractivity contribution in [1.29, 1.82) is 0 Å². The molecular formula is C24H27N3O4. The van der Waals surface area contributed by atoms with Crippen LogP contribution in [0.4, 0.5) is 11.4 Å². The summed E-state index contributed by atoms with van der Waals surface area (Å²) in [5, 5.41) is 6.07. The van der Waals surface area contributed by atoms with Gasteiger partial charge in [-0.2, -0.15) is 0 Å². The van der Waals surface area contributed by atoms with Crippen molar-refractivity contribution < 1.29 is 19.1 Å². The van der Waals surface area contributed by atoms with Crippen LogP contribution in [0.25, 0.3) is 0 Å². The number of amidine groups is 1. The zero-order chi connectivity index (χ0) is 22.4. The summed E-state index contributed by atoms with van der Waals surface area (Å²) in [5.74, 6) is -0.0945. The number of ether oxygens (including phenoxy) is 2. The number of esters is 1. The second kappa shape index (κ2) is 9.93. The van der Waals surface area contributed by atoms with Crippen LogP contribution in [-0.4, -0.2) is 30.4 Å². The number of allylic oxidation sites excluding steroid dienone is 1. The molecule has 162 valence electrons. The Kier molecular flexibility index (Phi) is 7.07. The van der Waals surface area contributed by atoms with Gasteiger partial charge in [-0.25, -0.2) is 9.79 Å². The van der Waals surface area contributed by atoms with E-state index in [9.17, 15) is 9.59 Å². The molecule has 3 rings (SSSR count). The summed E-state index contributed by atoms with van der Waals surface area (Å²) in [6, 6.07) is 14.2. The molecule has 0 unspecified atom stereocenters. The van der Waals surface area contributed by atoms with Crippen molar-refractivity contribution in [1.82, 2.24) is 5.32 Å². The van der Waals surface area contributed by atoms with Gasteiger partial charge in [-0.05, 0) is 63.6 Å². The minimum Gasteiger partial charge on any atom is -0.491 e. The van der Waals surface area contributed by atoms with Gasteiger partial charge in [0.25, 0.3) is 5.91 Å². The highest BCUT2D eigenvalue weighted by Crippen LogP contribution is 2.31. The minimum atomic E-state index is -0.542. The smallest absolute Gasteiger partial charge is 0.343 e. The molecule has 7 nitrogen and oxygen atoms in total. The van der Waals surface area contributed by atoms with Crippen LogP contribution < -0.4 is 15.4 Å². The molecule has 2 aromatic rings. The number of nitrogens with one attached hydrogen (secondary N) is 2. The lowest BCUT2D eigenvalue weighted by atomic mass is 10.1. The first kappa shape index (κ1) is 22.1. The summed E-state index contributed by atoms with van der Waals surface area (Å²) in [6.45, 7) is 7.74. The highest BCUT2D eigenvalue weighted by Gasteiger charge is 2.27. The average molecular weight is 421 g/mol. The third-order valence-electron chi connectivity index (χ3n) is 4.51. The van der Waals surface area contributed by atoms with Crippen LogP contribution in [0.5, 0.6) is 5.75 Å². The summed E-state index contributed by atoms with van der Waals surface area (Å²) < 4.78 is 10.9. The van der Waals surface area contributed by atoms with Crippen molar-refractivity contribution in [3.05, 3.63) is 65.4 Å². The molecule has 0 aromatic heterocycles. The largest absolute Gasteiger partial charge is 0.491 e. The van der Waals surface area contributed by atoms with Crippen LogP contribution in [-0.2, 0) is 9.53 Å². The molecule has 0 radical (unpaired) electrons. The monoisotopic (exact) mass is 421 g/mol. The predicted octanol–water partition coefficient (Wildman–Crippen LogP) is 4.59. The number of aliphatic imine (C=N–C) groups is 1. The minimum absolute atomic E-state index is 0.0392. The number of amides is 1. The quantitative estimate of drug-likeness (QED) is 0.666. The fourth-order valence-electron chi connectivity index (χ4n) is 3.14. The first-order valence-corrected chi connectivity index (χ1v) is 10.4. The molecule has 1 aliphatic rings. The van der Waals surface area contributed by atoms with Crippen molar-refractivity contribution in [3.63, 3.8) is 0 Å². The van der Waals surface area contributed by atoms with Gasteiger partial charge >= 0.3 is 5.97 Å². The van der Waals surface area contributed by atoms with Crippen molar-refractivity contribution in [2.24, 2.45) is 4.99 Å². The topological polar surface area (TPSA) is 89.0 Å². The zero-order valence-electron chi connectivity index (χ0n) is 18.2. The van der Waals surface area contributed by atoms with Crippen LogP contribution in [0, 0.1) is 0 Å². The molecule has 0 atom stereocenters. The molecular weight excluding hydrogens is 394 g/mol. The molecule has 1 aliphatic heterocycles. The van der Waals surface area contributed by atoms with Gasteiger partial charge in [0.1, 0.15) is 17.2 Å². The molecule has 0 fully saturated rings. The highest BCUT2D eigenvalue weighted by atomic mass is 16.5. The van der Waals surface area contributed by atoms with Crippen molar-refractivity contribution >= 4 is 29.1 Å². The van der Waals surface area contributed by atoms with Gasteiger partial charge in [0.15, 0.2) is 0 Å². The maximum atomic E-state index is 13.0. The number of benzene rings is 2. The summed E-state index contributed by atoms with van der Waals surface area (Å²) in [6.07, 6.45) is 0.566. The van der Waals surface area contributed by atoms with E-state index >= 15 is 0 Å². The first-order chi connectivity index (χ1) is 14.9. The number of rotatable bonds is 6. The zero-order valence-corrected chi connectivity index (χ0v) is 18.2. The van der Waals surface area contributed by atoms with E-state index in [1.165, 1.54) is 0 Å². The molecule has 7 heteroatoms. The van der Waals surface area contributed by atoms with Gasteiger partial charge in [-0.15, -0.1) is 0 Å². The number of nitrogens with zero attached hydrogens (tertiary/aromatic N) is 1. The summed E-state index contributed by atoms with van der Waals surface area (Å²) in [4.78, 5) is 30.3. The van der Waals surface area contributed by atoms with E-state index in [0.29, 0.717) is 29.1 Å².